The fourth-order valence-electron chi connectivity index (χ4n) is 1.16. The Balaban J connectivity index is 2.71. The van der Waals surface area contributed by atoms with Crippen molar-refractivity contribution in [1.29, 1.82) is 0 Å². The second-order valence-corrected chi connectivity index (χ2v) is 4.86. The maximum absolute atomic E-state index is 12.6. The van der Waals surface area contributed by atoms with Gasteiger partial charge in [0.15, 0.2) is 0 Å². The first-order valence-electron chi connectivity index (χ1n) is 5.04. The molecular weight excluding hydrogens is 299 g/mol. The third-order valence-electron chi connectivity index (χ3n) is 2.00. The highest BCUT2D eigenvalue weighted by molar-refractivity contribution is 8.00. The van der Waals surface area contributed by atoms with Crippen molar-refractivity contribution in [2.45, 2.75) is 11.1 Å². The van der Waals surface area contributed by atoms with Gasteiger partial charge in [-0.1, -0.05) is 17.5 Å². The average Bonchev–Trinajstić information content (AvgIpc) is 2.34. The molecule has 19 heavy (non-hydrogen) atoms. The number of hydrogen-bond donors (Lipinski definition) is 1. The summed E-state index contributed by atoms with van der Waals surface area (Å²) in [7, 11) is 0. The predicted molar refractivity (Wildman–Crippen MR) is 69.0 cm³/mol. The van der Waals surface area contributed by atoms with E-state index in [1.807, 2.05) is 0 Å². The summed E-state index contributed by atoms with van der Waals surface area (Å²) in [6.45, 7) is 0.0911. The Morgan fingerprint density at radius 1 is 1.47 bits per heavy atom. The molecule has 0 atom stereocenters. The first-order chi connectivity index (χ1) is 8.84. The molecule has 0 saturated heterocycles. The summed E-state index contributed by atoms with van der Waals surface area (Å²) < 4.78 is 37.8. The van der Waals surface area contributed by atoms with Crippen LogP contribution in [0.2, 0.25) is 5.02 Å². The maximum Gasteiger partial charge on any atom is 0.417 e. The summed E-state index contributed by atoms with van der Waals surface area (Å²) in [5.41, 5.74) is -0.914. The van der Waals surface area contributed by atoms with E-state index in [2.05, 4.69) is 11.2 Å². The molecule has 0 radical (unpaired) electrons. The highest BCUT2D eigenvalue weighted by Gasteiger charge is 2.33. The molecular formula is C12H9ClF3NOS. The van der Waals surface area contributed by atoms with Gasteiger partial charge in [0.25, 0.3) is 0 Å². The predicted octanol–water partition coefficient (Wildman–Crippen LogP) is 3.20. The van der Waals surface area contributed by atoms with Gasteiger partial charge in [0.2, 0.25) is 5.91 Å². The maximum atomic E-state index is 12.6. The second kappa shape index (κ2) is 6.73. The van der Waals surface area contributed by atoms with E-state index in [1.165, 1.54) is 6.07 Å². The van der Waals surface area contributed by atoms with Crippen LogP contribution in [-0.4, -0.2) is 18.2 Å². The number of halogens is 4. The van der Waals surface area contributed by atoms with Gasteiger partial charge in [-0.15, -0.1) is 18.2 Å². The molecule has 1 amide bonds. The van der Waals surface area contributed by atoms with Gasteiger partial charge in [0, 0.05) is 4.90 Å². The Morgan fingerprint density at radius 2 is 2.16 bits per heavy atom. The van der Waals surface area contributed by atoms with Gasteiger partial charge < -0.3 is 5.32 Å². The van der Waals surface area contributed by atoms with E-state index >= 15 is 0 Å². The normalized spacial score (nSPS) is 10.9. The van der Waals surface area contributed by atoms with E-state index in [-0.39, 0.29) is 23.2 Å². The van der Waals surface area contributed by atoms with Gasteiger partial charge in [-0.05, 0) is 18.2 Å². The van der Waals surface area contributed by atoms with Gasteiger partial charge in [-0.2, -0.15) is 13.2 Å². The highest BCUT2D eigenvalue weighted by Crippen LogP contribution is 2.36. The molecule has 0 heterocycles. The summed E-state index contributed by atoms with van der Waals surface area (Å²) in [6, 6.07) is 3.50. The zero-order valence-corrected chi connectivity index (χ0v) is 11.1. The minimum atomic E-state index is -4.51. The summed E-state index contributed by atoms with van der Waals surface area (Å²) in [5.74, 6) is 1.87. The van der Waals surface area contributed by atoms with E-state index < -0.39 is 11.7 Å². The van der Waals surface area contributed by atoms with Crippen molar-refractivity contribution in [3.63, 3.8) is 0 Å². The van der Waals surface area contributed by atoms with Crippen LogP contribution >= 0.6 is 23.4 Å². The molecule has 0 fully saturated rings. The average molecular weight is 308 g/mol. The largest absolute Gasteiger partial charge is 0.417 e. The van der Waals surface area contributed by atoms with Gasteiger partial charge in [0.1, 0.15) is 0 Å². The number of carbonyl (C=O) groups excluding carboxylic acids is 1. The summed E-state index contributed by atoms with van der Waals surface area (Å²) in [6.07, 6.45) is 0.443. The van der Waals surface area contributed by atoms with Crippen molar-refractivity contribution in [2.24, 2.45) is 0 Å². The number of rotatable bonds is 4. The molecule has 0 aliphatic carbocycles. The number of nitrogens with one attached hydrogen (secondary N) is 1. The van der Waals surface area contributed by atoms with Crippen LogP contribution in [0.4, 0.5) is 13.2 Å². The van der Waals surface area contributed by atoms with Crippen LogP contribution in [0, 0.1) is 12.3 Å². The first kappa shape index (κ1) is 15.7. The molecule has 7 heteroatoms. The topological polar surface area (TPSA) is 29.1 Å². The fourth-order valence-corrected chi connectivity index (χ4v) is 2.15. The smallest absolute Gasteiger partial charge is 0.344 e. The molecule has 0 saturated carbocycles. The van der Waals surface area contributed by atoms with Crippen molar-refractivity contribution in [3.8, 4) is 12.3 Å². The third-order valence-corrected chi connectivity index (χ3v) is 3.32. The zero-order chi connectivity index (χ0) is 14.5. The van der Waals surface area contributed by atoms with Crippen molar-refractivity contribution < 1.29 is 18.0 Å². The van der Waals surface area contributed by atoms with E-state index in [0.29, 0.717) is 4.90 Å². The molecule has 0 aliphatic heterocycles. The number of carbonyl (C=O) groups is 1. The standard InChI is InChI=1S/C12H9ClF3NOS/c1-2-5-17-11(18)7-19-8-3-4-10(13)9(6-8)12(14,15)16/h1,3-4,6H,5,7H2,(H,17,18). The van der Waals surface area contributed by atoms with Gasteiger partial charge >= 0.3 is 6.18 Å². The Hall–Kier alpha value is -1.32. The number of alkyl halides is 3. The minimum absolute atomic E-state index is 0.0133. The van der Waals surface area contributed by atoms with E-state index in [0.717, 1.165) is 23.9 Å². The molecule has 0 unspecified atom stereocenters. The lowest BCUT2D eigenvalue weighted by atomic mass is 10.2. The Bertz CT molecular complexity index is 511. The van der Waals surface area contributed by atoms with Crippen LogP contribution < -0.4 is 5.32 Å². The van der Waals surface area contributed by atoms with Crippen LogP contribution in [0.1, 0.15) is 5.56 Å². The first-order valence-corrected chi connectivity index (χ1v) is 6.40. The number of benzene rings is 1. The van der Waals surface area contributed by atoms with Crippen LogP contribution in [-0.2, 0) is 11.0 Å². The molecule has 0 bridgehead atoms. The lowest BCUT2D eigenvalue weighted by molar-refractivity contribution is -0.137. The van der Waals surface area contributed by atoms with Crippen LogP contribution in [0.3, 0.4) is 0 Å². The van der Waals surface area contributed by atoms with Crippen molar-refractivity contribution in [2.75, 3.05) is 12.3 Å². The van der Waals surface area contributed by atoms with E-state index in [9.17, 15) is 18.0 Å². The number of terminal acetylenes is 1. The van der Waals surface area contributed by atoms with Crippen LogP contribution in [0.15, 0.2) is 23.1 Å². The zero-order valence-electron chi connectivity index (χ0n) is 9.55. The number of hydrogen-bond acceptors (Lipinski definition) is 2. The van der Waals surface area contributed by atoms with Crippen molar-refractivity contribution >= 4 is 29.3 Å². The molecule has 0 aliphatic rings. The number of thioether (sulfide) groups is 1. The lowest BCUT2D eigenvalue weighted by Crippen LogP contribution is -2.25. The van der Waals surface area contributed by atoms with E-state index in [4.69, 9.17) is 18.0 Å². The Kier molecular flexibility index (Phi) is 5.58. The third kappa shape index (κ3) is 5.05. The van der Waals surface area contributed by atoms with Crippen molar-refractivity contribution in [3.05, 3.63) is 28.8 Å². The molecule has 1 aromatic carbocycles. The molecule has 1 N–H and O–H groups in total. The highest BCUT2D eigenvalue weighted by atomic mass is 35.5. The molecule has 2 nitrogen and oxygen atoms in total. The second-order valence-electron chi connectivity index (χ2n) is 3.41. The van der Waals surface area contributed by atoms with Crippen molar-refractivity contribution in [1.82, 2.24) is 5.32 Å². The Labute approximate surface area is 117 Å². The van der Waals surface area contributed by atoms with Gasteiger partial charge in [0.05, 0.1) is 22.9 Å². The summed E-state index contributed by atoms with van der Waals surface area (Å²) in [4.78, 5) is 11.6. The fraction of sp³-hybridized carbons (Fsp3) is 0.250. The Morgan fingerprint density at radius 3 is 2.74 bits per heavy atom. The van der Waals surface area contributed by atoms with Crippen LogP contribution in [0.25, 0.3) is 0 Å². The quantitative estimate of drug-likeness (QED) is 0.683. The molecule has 0 aromatic heterocycles. The molecule has 102 valence electrons. The summed E-state index contributed by atoms with van der Waals surface area (Å²) >= 11 is 6.46. The molecule has 1 rings (SSSR count). The SMILES string of the molecule is C#CCNC(=O)CSc1ccc(Cl)c(C(F)(F)F)c1. The van der Waals surface area contributed by atoms with Gasteiger partial charge in [-0.25, -0.2) is 0 Å². The monoisotopic (exact) mass is 307 g/mol. The molecule has 0 spiro atoms. The minimum Gasteiger partial charge on any atom is -0.344 e. The van der Waals surface area contributed by atoms with E-state index in [1.54, 1.807) is 0 Å². The number of amides is 1. The van der Waals surface area contributed by atoms with Gasteiger partial charge in [-0.3, -0.25) is 4.79 Å². The molecule has 1 aromatic rings. The van der Waals surface area contributed by atoms with Crippen LogP contribution in [0.5, 0.6) is 0 Å². The summed E-state index contributed by atoms with van der Waals surface area (Å²) in [5, 5.41) is 2.05. The lowest BCUT2D eigenvalue weighted by Gasteiger charge is -2.10.